The van der Waals surface area contributed by atoms with Crippen LogP contribution >= 0.6 is 14.3 Å². The van der Waals surface area contributed by atoms with Crippen LogP contribution in [0.4, 0.5) is 0 Å². The Kier molecular flexibility index (Phi) is 2.96. The van der Waals surface area contributed by atoms with Gasteiger partial charge in [0.15, 0.2) is 0 Å². The number of rotatable bonds is 1. The molecule has 4 bridgehead atoms. The van der Waals surface area contributed by atoms with E-state index < -0.39 is 14.3 Å². The van der Waals surface area contributed by atoms with Crippen LogP contribution in [-0.4, -0.2) is 12.3 Å². The number of fused-ring (bicyclic) bond motifs is 4. The van der Waals surface area contributed by atoms with Crippen LogP contribution in [0.2, 0.25) is 0 Å². The molecular formula is C20H28O2P2. The van der Waals surface area contributed by atoms with Gasteiger partial charge in [-0.25, -0.2) is 0 Å². The summed E-state index contributed by atoms with van der Waals surface area (Å²) in [6.45, 7) is 17.1. The number of hydrogen-bond acceptors (Lipinski definition) is 2. The zero-order valence-corrected chi connectivity index (χ0v) is 17.9. The van der Waals surface area contributed by atoms with Gasteiger partial charge in [0.25, 0.3) is 0 Å². The summed E-state index contributed by atoms with van der Waals surface area (Å²) in [7, 11) is -5.17. The maximum absolute atomic E-state index is 14.1. The predicted octanol–water partition coefficient (Wildman–Crippen LogP) is 6.92. The smallest absolute Gasteiger partial charge is 0.141 e. The molecule has 0 N–H and O–H groups in total. The predicted molar refractivity (Wildman–Crippen MR) is 103 cm³/mol. The Bertz CT molecular complexity index is 878. The summed E-state index contributed by atoms with van der Waals surface area (Å²) >= 11 is 0. The molecule has 0 saturated carbocycles. The van der Waals surface area contributed by atoms with Gasteiger partial charge in [-0.05, 0) is 52.2 Å². The fraction of sp³-hybridized carbons (Fsp3) is 0.600. The zero-order chi connectivity index (χ0) is 18.0. The molecule has 0 aromatic heterocycles. The molecule has 4 aliphatic rings. The maximum Gasteiger partial charge on any atom is 0.141 e. The normalized spacial score (nSPS) is 47.2. The Hall–Kier alpha value is -0.580. The third-order valence-electron chi connectivity index (χ3n) is 8.21. The molecule has 130 valence electrons. The standard InChI is InChI=1S/C20H28O2P2/c1-11-15(5)23(21)9-19(11,7)13(3)17(23)18-14(4)20(8)10-24(18,22)16(6)12(20)2/h9-10H2,1-8H3/t19-,20-,23-,24-/m1/s1. The van der Waals surface area contributed by atoms with Crippen molar-refractivity contribution < 1.29 is 9.13 Å². The van der Waals surface area contributed by atoms with E-state index >= 15 is 0 Å². The van der Waals surface area contributed by atoms with Crippen molar-refractivity contribution in [3.8, 4) is 0 Å². The van der Waals surface area contributed by atoms with Crippen molar-refractivity contribution in [1.29, 1.82) is 0 Å². The van der Waals surface area contributed by atoms with Crippen LogP contribution in [0, 0.1) is 10.8 Å². The van der Waals surface area contributed by atoms with Gasteiger partial charge in [-0.2, -0.15) is 0 Å². The van der Waals surface area contributed by atoms with Crippen LogP contribution < -0.4 is 0 Å². The fourth-order valence-corrected chi connectivity index (χ4v) is 15.1. The van der Waals surface area contributed by atoms with Crippen LogP contribution in [0.1, 0.15) is 55.4 Å². The van der Waals surface area contributed by atoms with E-state index in [-0.39, 0.29) is 10.8 Å². The van der Waals surface area contributed by atoms with Gasteiger partial charge in [0.05, 0.1) is 0 Å². The average Bonchev–Trinajstić information content (AvgIpc) is 2.98. The Balaban J connectivity index is 2.05. The molecule has 4 aliphatic heterocycles. The Morgan fingerprint density at radius 1 is 0.625 bits per heavy atom. The highest BCUT2D eigenvalue weighted by Crippen LogP contribution is 2.88. The van der Waals surface area contributed by atoms with Crippen LogP contribution in [0.25, 0.3) is 0 Å². The van der Waals surface area contributed by atoms with Gasteiger partial charge in [0, 0.05) is 33.8 Å². The summed E-state index contributed by atoms with van der Waals surface area (Å²) in [6, 6.07) is 0. The van der Waals surface area contributed by atoms with Crippen LogP contribution in [-0.2, 0) is 9.13 Å². The number of allylic oxidation sites excluding steroid dienone is 8. The molecule has 4 atom stereocenters. The minimum Gasteiger partial charge on any atom is -0.314 e. The zero-order valence-electron chi connectivity index (χ0n) is 16.1. The van der Waals surface area contributed by atoms with Crippen LogP contribution in [0.15, 0.2) is 43.5 Å². The molecule has 24 heavy (non-hydrogen) atoms. The van der Waals surface area contributed by atoms with E-state index in [4.69, 9.17) is 0 Å². The largest absolute Gasteiger partial charge is 0.314 e. The first-order valence-electron chi connectivity index (χ1n) is 8.85. The van der Waals surface area contributed by atoms with Crippen molar-refractivity contribution >= 4 is 14.3 Å². The second-order valence-electron chi connectivity index (χ2n) is 8.83. The van der Waals surface area contributed by atoms with Crippen molar-refractivity contribution in [2.75, 3.05) is 12.3 Å². The minimum atomic E-state index is -2.58. The fourth-order valence-electron chi connectivity index (χ4n) is 5.76. The van der Waals surface area contributed by atoms with E-state index in [1.165, 1.54) is 22.3 Å². The van der Waals surface area contributed by atoms with Gasteiger partial charge in [-0.3, -0.25) is 0 Å². The first-order chi connectivity index (χ1) is 10.9. The maximum atomic E-state index is 14.1. The molecule has 4 heteroatoms. The molecule has 0 saturated heterocycles. The lowest BCUT2D eigenvalue weighted by molar-refractivity contribution is 0.549. The van der Waals surface area contributed by atoms with E-state index in [2.05, 4.69) is 41.5 Å². The number of hydrogen-bond donors (Lipinski definition) is 0. The molecule has 0 unspecified atom stereocenters. The molecule has 0 aliphatic carbocycles. The SMILES string of the molecule is CC1=C(C)[P@]2(=O)C[C@@]1(C)C(C)=C2C1=C(C)[C@]2(C)C[P@@]1(=O)C(C)=C2C. The first kappa shape index (κ1) is 16.9. The van der Waals surface area contributed by atoms with Gasteiger partial charge in [0.1, 0.15) is 14.3 Å². The summed E-state index contributed by atoms with van der Waals surface area (Å²) in [6.07, 6.45) is 1.43. The molecule has 0 fully saturated rings. The Labute approximate surface area is 145 Å². The summed E-state index contributed by atoms with van der Waals surface area (Å²) in [5, 5.41) is 4.16. The summed E-state index contributed by atoms with van der Waals surface area (Å²) < 4.78 is 28.1. The van der Waals surface area contributed by atoms with Crippen molar-refractivity contribution in [3.05, 3.63) is 43.5 Å². The van der Waals surface area contributed by atoms with Gasteiger partial charge in [-0.1, -0.05) is 36.1 Å². The van der Waals surface area contributed by atoms with Crippen molar-refractivity contribution in [3.63, 3.8) is 0 Å². The molecule has 0 aromatic carbocycles. The lowest BCUT2D eigenvalue weighted by Gasteiger charge is -2.32. The molecule has 0 aromatic rings. The first-order valence-corrected chi connectivity index (χ1v) is 12.6. The molecular weight excluding hydrogens is 334 g/mol. The molecule has 0 amide bonds. The van der Waals surface area contributed by atoms with E-state index in [0.29, 0.717) is 12.3 Å². The van der Waals surface area contributed by atoms with E-state index in [9.17, 15) is 9.13 Å². The summed E-state index contributed by atoms with van der Waals surface area (Å²) in [4.78, 5) is 0. The van der Waals surface area contributed by atoms with E-state index in [1.807, 2.05) is 13.8 Å². The second-order valence-corrected chi connectivity index (χ2v) is 14.7. The van der Waals surface area contributed by atoms with Gasteiger partial charge in [0.2, 0.25) is 0 Å². The average molecular weight is 362 g/mol. The second kappa shape index (κ2) is 4.21. The van der Waals surface area contributed by atoms with Crippen LogP contribution in [0.5, 0.6) is 0 Å². The third kappa shape index (κ3) is 1.42. The van der Waals surface area contributed by atoms with Crippen molar-refractivity contribution in [2.24, 2.45) is 10.8 Å². The van der Waals surface area contributed by atoms with E-state index in [0.717, 1.165) is 21.3 Å². The summed E-state index contributed by atoms with van der Waals surface area (Å²) in [5.41, 5.74) is 4.80. The lowest BCUT2D eigenvalue weighted by atomic mass is 9.76. The molecule has 0 radical (unpaired) electrons. The van der Waals surface area contributed by atoms with Gasteiger partial charge >= 0.3 is 0 Å². The highest BCUT2D eigenvalue weighted by Gasteiger charge is 2.63. The van der Waals surface area contributed by atoms with Crippen LogP contribution in [0.3, 0.4) is 0 Å². The monoisotopic (exact) mass is 362 g/mol. The molecule has 4 heterocycles. The quantitative estimate of drug-likeness (QED) is 0.475. The van der Waals surface area contributed by atoms with Gasteiger partial charge < -0.3 is 9.13 Å². The highest BCUT2D eigenvalue weighted by atomic mass is 31.2. The van der Waals surface area contributed by atoms with E-state index in [1.54, 1.807) is 0 Å². The van der Waals surface area contributed by atoms with Crippen molar-refractivity contribution in [2.45, 2.75) is 55.4 Å². The summed E-state index contributed by atoms with van der Waals surface area (Å²) in [5.74, 6) is 0. The molecule has 2 nitrogen and oxygen atoms in total. The van der Waals surface area contributed by atoms with Gasteiger partial charge in [-0.15, -0.1) is 0 Å². The van der Waals surface area contributed by atoms with Crippen molar-refractivity contribution in [1.82, 2.24) is 0 Å². The molecule has 4 rings (SSSR count). The topological polar surface area (TPSA) is 34.1 Å². The lowest BCUT2D eigenvalue weighted by Crippen LogP contribution is -2.19. The third-order valence-corrected chi connectivity index (χ3v) is 15.9. The highest BCUT2D eigenvalue weighted by molar-refractivity contribution is 7.79. The Morgan fingerprint density at radius 2 is 0.917 bits per heavy atom. The molecule has 0 spiro atoms. The Morgan fingerprint density at radius 3 is 1.17 bits per heavy atom. The minimum absolute atomic E-state index is 0.0993.